The molecule has 0 amide bonds. The fourth-order valence-corrected chi connectivity index (χ4v) is 2.62. The summed E-state index contributed by atoms with van der Waals surface area (Å²) in [5.74, 6) is -1.06. The molecule has 0 bridgehead atoms. The number of hydrogen-bond acceptors (Lipinski definition) is 3. The van der Waals surface area contributed by atoms with Crippen molar-refractivity contribution >= 4 is 5.97 Å². The molecule has 2 atom stereocenters. The normalized spacial score (nSPS) is 37.5. The molecule has 1 aliphatic rings. The summed E-state index contributed by atoms with van der Waals surface area (Å²) in [6.07, 6.45) is 5.89. The summed E-state index contributed by atoms with van der Waals surface area (Å²) in [6.45, 7) is 3.34. The van der Waals surface area contributed by atoms with E-state index < -0.39 is 35.8 Å². The van der Waals surface area contributed by atoms with Crippen LogP contribution in [0.15, 0.2) is 47.6 Å². The Balaban J connectivity index is 3.37. The van der Waals surface area contributed by atoms with Crippen molar-refractivity contribution in [3.63, 3.8) is 0 Å². The van der Waals surface area contributed by atoms with Gasteiger partial charge in [-0.25, -0.2) is 4.79 Å². The maximum absolute atomic E-state index is 11.4. The number of carboxylic acids is 1. The van der Waals surface area contributed by atoms with Crippen molar-refractivity contribution in [2.45, 2.75) is 65.0 Å². The lowest BCUT2D eigenvalue weighted by atomic mass is 9.58. The summed E-state index contributed by atoms with van der Waals surface area (Å²) in [5.41, 5.74) is -5.35. The van der Waals surface area contributed by atoms with Crippen LogP contribution < -0.4 is 0 Å². The van der Waals surface area contributed by atoms with Crippen molar-refractivity contribution in [2.24, 2.45) is 5.41 Å². The van der Waals surface area contributed by atoms with Crippen molar-refractivity contribution in [1.82, 2.24) is 0 Å². The Labute approximate surface area is 151 Å². The van der Waals surface area contributed by atoms with Crippen LogP contribution in [-0.2, 0) is 4.79 Å². The van der Waals surface area contributed by atoms with Crippen molar-refractivity contribution in [2.75, 3.05) is 0 Å². The molecule has 0 spiro atoms. The van der Waals surface area contributed by atoms with Crippen LogP contribution in [0.5, 0.6) is 0 Å². The minimum Gasteiger partial charge on any atom is -0.478 e. The van der Waals surface area contributed by atoms with Crippen LogP contribution in [0.4, 0.5) is 0 Å². The first-order valence-corrected chi connectivity index (χ1v) is 7.81. The molecular weight excluding hydrogens is 304 g/mol. The van der Waals surface area contributed by atoms with E-state index in [0.717, 1.165) is 12.2 Å². The third kappa shape index (κ3) is 4.68. The summed E-state index contributed by atoms with van der Waals surface area (Å²) >= 11 is 0. The number of allylic oxidation sites excluding steroid dienone is 6. The Kier molecular flexibility index (Phi) is 4.25. The van der Waals surface area contributed by atoms with E-state index in [-0.39, 0.29) is 12.8 Å². The fraction of sp³-hybridized carbons (Fsp3) is 0.550. The largest absolute Gasteiger partial charge is 0.478 e. The Bertz CT molecular complexity index is 761. The SMILES string of the molecule is [2H]C([2H])([2H])C1(O)C([2H])([2H])CCC(C)(C)C1(O)/C=C/C(C)=C/C=C/C(C)=C/C(=O)O. The van der Waals surface area contributed by atoms with Crippen molar-refractivity contribution in [3.8, 4) is 0 Å². The second-order valence-electron chi connectivity index (χ2n) is 6.87. The van der Waals surface area contributed by atoms with Crippen LogP contribution in [0.2, 0.25) is 0 Å². The van der Waals surface area contributed by atoms with E-state index >= 15 is 0 Å². The zero-order chi connectivity index (χ0) is 22.9. The van der Waals surface area contributed by atoms with Crippen LogP contribution in [-0.4, -0.2) is 32.5 Å². The van der Waals surface area contributed by atoms with Gasteiger partial charge in [0.05, 0.1) is 5.60 Å². The standard InChI is InChI=1S/C20H30O4/c1-15(8-6-9-16(2)14-17(21)22)10-13-20(24)18(3,4)11-7-12-19(20,5)23/h6,8-10,13-14,23-24H,7,11-12H2,1-5H3,(H,21,22)/b9-6+,13-10+,15-8+,16-14+/i5D3,12D2. The van der Waals surface area contributed by atoms with Crippen LogP contribution in [0.1, 0.15) is 60.6 Å². The van der Waals surface area contributed by atoms with Crippen LogP contribution in [0.3, 0.4) is 0 Å². The summed E-state index contributed by atoms with van der Waals surface area (Å²) in [4.78, 5) is 10.6. The monoisotopic (exact) mass is 339 g/mol. The van der Waals surface area contributed by atoms with E-state index in [1.54, 1.807) is 45.9 Å². The molecule has 2 unspecified atom stereocenters. The van der Waals surface area contributed by atoms with Gasteiger partial charge < -0.3 is 15.3 Å². The average Bonchev–Trinajstić information content (AvgIpc) is 2.54. The molecule has 1 fully saturated rings. The lowest BCUT2D eigenvalue weighted by Gasteiger charge is -2.53. The van der Waals surface area contributed by atoms with Gasteiger partial charge in [-0.15, -0.1) is 0 Å². The Morgan fingerprint density at radius 3 is 2.46 bits per heavy atom. The van der Waals surface area contributed by atoms with Gasteiger partial charge in [-0.2, -0.15) is 0 Å². The predicted molar refractivity (Wildman–Crippen MR) is 96.6 cm³/mol. The Morgan fingerprint density at radius 2 is 1.88 bits per heavy atom. The summed E-state index contributed by atoms with van der Waals surface area (Å²) in [7, 11) is 0. The molecule has 0 saturated heterocycles. The molecule has 134 valence electrons. The van der Waals surface area contributed by atoms with Crippen molar-refractivity contribution in [1.29, 1.82) is 0 Å². The topological polar surface area (TPSA) is 77.8 Å². The van der Waals surface area contributed by atoms with Crippen LogP contribution in [0.25, 0.3) is 0 Å². The molecule has 24 heavy (non-hydrogen) atoms. The first kappa shape index (κ1) is 13.6. The van der Waals surface area contributed by atoms with Gasteiger partial charge in [0.25, 0.3) is 0 Å². The van der Waals surface area contributed by atoms with E-state index in [4.69, 9.17) is 12.0 Å². The number of aliphatic hydroxyl groups is 2. The first-order valence-electron chi connectivity index (χ1n) is 10.3. The quantitative estimate of drug-likeness (QED) is 0.526. The molecule has 4 heteroatoms. The van der Waals surface area contributed by atoms with Gasteiger partial charge in [-0.3, -0.25) is 0 Å². The predicted octanol–water partition coefficient (Wildman–Crippen LogP) is 3.77. The zero-order valence-electron chi connectivity index (χ0n) is 19.6. The van der Waals surface area contributed by atoms with Gasteiger partial charge in [0.15, 0.2) is 0 Å². The van der Waals surface area contributed by atoms with Gasteiger partial charge >= 0.3 is 5.97 Å². The summed E-state index contributed by atoms with van der Waals surface area (Å²) < 4.78 is 39.6. The number of carboxylic acid groups (broad SMARTS) is 1. The highest BCUT2D eigenvalue weighted by Crippen LogP contribution is 2.50. The smallest absolute Gasteiger partial charge is 0.328 e. The second kappa shape index (κ2) is 7.49. The Morgan fingerprint density at radius 1 is 1.21 bits per heavy atom. The lowest BCUT2D eigenvalue weighted by molar-refractivity contribution is -0.194. The molecule has 0 aromatic heterocycles. The molecule has 0 radical (unpaired) electrons. The highest BCUT2D eigenvalue weighted by atomic mass is 16.4. The highest BCUT2D eigenvalue weighted by molar-refractivity contribution is 5.81. The highest BCUT2D eigenvalue weighted by Gasteiger charge is 2.56. The molecule has 0 heterocycles. The molecule has 0 aromatic carbocycles. The van der Waals surface area contributed by atoms with Crippen molar-refractivity contribution in [3.05, 3.63) is 47.6 Å². The zero-order valence-corrected chi connectivity index (χ0v) is 14.6. The molecule has 0 aliphatic heterocycles. The van der Waals surface area contributed by atoms with E-state index in [2.05, 4.69) is 0 Å². The number of carbonyl (C=O) groups is 1. The molecule has 1 aliphatic carbocycles. The average molecular weight is 339 g/mol. The van der Waals surface area contributed by atoms with Gasteiger partial charge in [-0.1, -0.05) is 43.7 Å². The maximum atomic E-state index is 11.4. The lowest BCUT2D eigenvalue weighted by Crippen LogP contribution is -2.62. The van der Waals surface area contributed by atoms with E-state index in [1.807, 2.05) is 0 Å². The fourth-order valence-electron chi connectivity index (χ4n) is 2.62. The van der Waals surface area contributed by atoms with Crippen LogP contribution in [0, 0.1) is 5.41 Å². The number of rotatable bonds is 5. The molecule has 1 rings (SSSR count). The first-order chi connectivity index (χ1) is 12.9. The third-order valence-corrected chi connectivity index (χ3v) is 4.37. The molecular formula is C20H30O4. The summed E-state index contributed by atoms with van der Waals surface area (Å²) in [5, 5.41) is 31.2. The van der Waals surface area contributed by atoms with Gasteiger partial charge in [0.2, 0.25) is 0 Å². The van der Waals surface area contributed by atoms with Crippen LogP contribution >= 0.6 is 0 Å². The maximum Gasteiger partial charge on any atom is 0.328 e. The van der Waals surface area contributed by atoms with Crippen molar-refractivity contribution < 1.29 is 27.0 Å². The minimum absolute atomic E-state index is 0.182. The molecule has 0 aromatic rings. The van der Waals surface area contributed by atoms with E-state index in [1.165, 1.54) is 6.08 Å². The Hall–Kier alpha value is -1.65. The van der Waals surface area contributed by atoms with E-state index in [9.17, 15) is 15.0 Å². The number of aliphatic carboxylic acids is 1. The third-order valence-electron chi connectivity index (χ3n) is 4.37. The van der Waals surface area contributed by atoms with Gasteiger partial charge in [0, 0.05) is 12.9 Å². The molecule has 1 saturated carbocycles. The van der Waals surface area contributed by atoms with Gasteiger partial charge in [-0.05, 0) is 57.0 Å². The second-order valence-corrected chi connectivity index (χ2v) is 6.87. The van der Waals surface area contributed by atoms with Gasteiger partial charge in [0.1, 0.15) is 5.60 Å². The minimum atomic E-state index is -3.16. The molecule has 3 N–H and O–H groups in total. The summed E-state index contributed by atoms with van der Waals surface area (Å²) in [6, 6.07) is 0. The number of hydrogen-bond donors (Lipinski definition) is 3. The van der Waals surface area contributed by atoms with E-state index in [0.29, 0.717) is 11.1 Å². The molecule has 4 nitrogen and oxygen atoms in total.